The summed E-state index contributed by atoms with van der Waals surface area (Å²) in [6, 6.07) is 2.12. The van der Waals surface area contributed by atoms with Crippen molar-refractivity contribution in [1.82, 2.24) is 14.5 Å². The molecule has 0 saturated heterocycles. The first kappa shape index (κ1) is 15.2. The van der Waals surface area contributed by atoms with Gasteiger partial charge in [-0.3, -0.25) is 0 Å². The Kier molecular flexibility index (Phi) is 4.46. The summed E-state index contributed by atoms with van der Waals surface area (Å²) in [5.41, 5.74) is 3.18. The smallest absolute Gasteiger partial charge is 0.160 e. The molecule has 2 aromatic heterocycles. The number of alkyl halides is 1. The summed E-state index contributed by atoms with van der Waals surface area (Å²) < 4.78 is 2.67. The second kappa shape index (κ2) is 6.17. The van der Waals surface area contributed by atoms with Gasteiger partial charge in [0.2, 0.25) is 0 Å². The molecule has 0 unspecified atom stereocenters. The van der Waals surface area contributed by atoms with Crippen molar-refractivity contribution in [2.24, 2.45) is 0 Å². The molecule has 0 amide bonds. The minimum absolute atomic E-state index is 0.348. The van der Waals surface area contributed by atoms with Gasteiger partial charge in [0.15, 0.2) is 5.65 Å². The van der Waals surface area contributed by atoms with Gasteiger partial charge in [0, 0.05) is 29.8 Å². The molecular weight excluding hydrogens is 302 g/mol. The molecule has 0 radical (unpaired) electrons. The number of hydrogen-bond donors (Lipinski definition) is 0. The second-order valence-corrected chi connectivity index (χ2v) is 7.66. The van der Waals surface area contributed by atoms with Crippen LogP contribution in [0.3, 0.4) is 0 Å². The maximum absolute atomic E-state index is 5.97. The van der Waals surface area contributed by atoms with Gasteiger partial charge in [0.1, 0.15) is 11.3 Å². The molecule has 0 N–H and O–H groups in total. The van der Waals surface area contributed by atoms with E-state index in [-0.39, 0.29) is 0 Å². The highest BCUT2D eigenvalue weighted by atomic mass is 35.5. The topological polar surface area (TPSA) is 30.7 Å². The number of pyridine rings is 1. The van der Waals surface area contributed by atoms with Crippen molar-refractivity contribution in [3.63, 3.8) is 0 Å². The fourth-order valence-corrected chi connectivity index (χ4v) is 4.46. The molecule has 1 aliphatic rings. The van der Waals surface area contributed by atoms with Crippen LogP contribution in [0, 0.1) is 6.92 Å². The molecule has 3 nitrogen and oxygen atoms in total. The highest BCUT2D eigenvalue weighted by molar-refractivity contribution is 8.00. The summed E-state index contributed by atoms with van der Waals surface area (Å²) >= 11 is 7.98. The number of aryl methyl sites for hydroxylation is 2. The Morgan fingerprint density at radius 2 is 2.14 bits per heavy atom. The largest absolute Gasteiger partial charge is 0.311 e. The number of fused-ring (bicyclic) bond motifs is 1. The van der Waals surface area contributed by atoms with Crippen LogP contribution in [0.15, 0.2) is 12.3 Å². The van der Waals surface area contributed by atoms with Gasteiger partial charge in [-0.2, -0.15) is 11.8 Å². The molecule has 1 fully saturated rings. The fraction of sp³-hybridized carbons (Fsp3) is 0.625. The lowest BCUT2D eigenvalue weighted by Crippen LogP contribution is -2.28. The number of nitrogens with zero attached hydrogens (tertiary/aromatic N) is 3. The van der Waals surface area contributed by atoms with Crippen molar-refractivity contribution in [2.75, 3.05) is 12.1 Å². The molecule has 21 heavy (non-hydrogen) atoms. The Morgan fingerprint density at radius 3 is 2.81 bits per heavy atom. The van der Waals surface area contributed by atoms with E-state index in [1.807, 2.05) is 18.0 Å². The Hall–Kier alpha value is -0.740. The van der Waals surface area contributed by atoms with Gasteiger partial charge in [-0.15, -0.1) is 11.6 Å². The molecule has 0 spiro atoms. The van der Waals surface area contributed by atoms with E-state index in [1.165, 1.54) is 25.7 Å². The molecule has 2 aromatic rings. The van der Waals surface area contributed by atoms with Gasteiger partial charge in [-0.1, -0.05) is 12.8 Å². The Morgan fingerprint density at radius 1 is 1.38 bits per heavy atom. The van der Waals surface area contributed by atoms with Crippen LogP contribution >= 0.6 is 23.4 Å². The monoisotopic (exact) mass is 323 g/mol. The molecule has 0 aromatic carbocycles. The zero-order valence-electron chi connectivity index (χ0n) is 12.7. The van der Waals surface area contributed by atoms with E-state index in [0.717, 1.165) is 35.5 Å². The Bertz CT molecular complexity index is 632. The number of hydrogen-bond acceptors (Lipinski definition) is 3. The van der Waals surface area contributed by atoms with Gasteiger partial charge in [0.25, 0.3) is 0 Å². The normalized spacial score (nSPS) is 17.7. The van der Waals surface area contributed by atoms with Gasteiger partial charge < -0.3 is 4.57 Å². The van der Waals surface area contributed by atoms with E-state index < -0.39 is 0 Å². The quantitative estimate of drug-likeness (QED) is 0.773. The van der Waals surface area contributed by atoms with E-state index in [9.17, 15) is 0 Å². The standard InChI is InChI=1S/C16H22ClN3S/c1-12-9-13-15(18-10-12)20(14(19-13)5-8-17)11-16(21-2)6-3-4-7-16/h9-10H,3-8,11H2,1-2H3. The molecule has 3 rings (SSSR count). The summed E-state index contributed by atoms with van der Waals surface area (Å²) in [6.45, 7) is 3.07. The molecule has 0 atom stereocenters. The maximum Gasteiger partial charge on any atom is 0.160 e. The third-order valence-electron chi connectivity index (χ3n) is 4.51. The number of rotatable bonds is 5. The molecule has 0 aliphatic heterocycles. The lowest BCUT2D eigenvalue weighted by Gasteiger charge is -2.28. The zero-order valence-corrected chi connectivity index (χ0v) is 14.3. The lowest BCUT2D eigenvalue weighted by molar-refractivity contribution is 0.500. The fourth-order valence-electron chi connectivity index (χ4n) is 3.33. The van der Waals surface area contributed by atoms with E-state index >= 15 is 0 Å². The molecular formula is C16H22ClN3S. The van der Waals surface area contributed by atoms with Crippen LogP contribution in [0.25, 0.3) is 11.2 Å². The summed E-state index contributed by atoms with van der Waals surface area (Å²) in [5.74, 6) is 1.69. The van der Waals surface area contributed by atoms with Crippen molar-refractivity contribution in [3.05, 3.63) is 23.7 Å². The van der Waals surface area contributed by atoms with Crippen molar-refractivity contribution >= 4 is 34.5 Å². The highest BCUT2D eigenvalue weighted by Gasteiger charge is 2.34. The first-order chi connectivity index (χ1) is 10.2. The summed E-state index contributed by atoms with van der Waals surface area (Å²) in [6.07, 6.45) is 10.2. The first-order valence-electron chi connectivity index (χ1n) is 7.60. The van der Waals surface area contributed by atoms with E-state index in [4.69, 9.17) is 16.6 Å². The van der Waals surface area contributed by atoms with Crippen LogP contribution in [0.2, 0.25) is 0 Å². The molecule has 114 valence electrons. The van der Waals surface area contributed by atoms with Crippen molar-refractivity contribution in [2.45, 2.75) is 50.3 Å². The van der Waals surface area contributed by atoms with Crippen LogP contribution < -0.4 is 0 Å². The van der Waals surface area contributed by atoms with Crippen LogP contribution in [0.5, 0.6) is 0 Å². The first-order valence-corrected chi connectivity index (χ1v) is 9.36. The highest BCUT2D eigenvalue weighted by Crippen LogP contribution is 2.42. The number of imidazole rings is 1. The number of aromatic nitrogens is 3. The summed E-state index contributed by atoms with van der Waals surface area (Å²) in [7, 11) is 0. The maximum atomic E-state index is 5.97. The predicted molar refractivity (Wildman–Crippen MR) is 91.4 cm³/mol. The molecule has 2 heterocycles. The Balaban J connectivity index is 2.04. The number of thioether (sulfide) groups is 1. The van der Waals surface area contributed by atoms with Crippen LogP contribution in [0.4, 0.5) is 0 Å². The molecule has 0 bridgehead atoms. The minimum Gasteiger partial charge on any atom is -0.311 e. The van der Waals surface area contributed by atoms with Crippen LogP contribution in [-0.4, -0.2) is 31.4 Å². The van der Waals surface area contributed by atoms with Crippen LogP contribution in [-0.2, 0) is 13.0 Å². The summed E-state index contributed by atoms with van der Waals surface area (Å²) in [4.78, 5) is 9.42. The number of halogens is 1. The third kappa shape index (κ3) is 2.93. The third-order valence-corrected chi connectivity index (χ3v) is 6.11. The zero-order chi connectivity index (χ0) is 14.9. The van der Waals surface area contributed by atoms with Gasteiger partial charge in [0.05, 0.1) is 0 Å². The SMILES string of the molecule is CSC1(Cn2c(CCCl)nc3cc(C)cnc32)CCCC1. The van der Waals surface area contributed by atoms with Gasteiger partial charge >= 0.3 is 0 Å². The van der Waals surface area contributed by atoms with Crippen molar-refractivity contribution in [1.29, 1.82) is 0 Å². The van der Waals surface area contributed by atoms with Gasteiger partial charge in [-0.25, -0.2) is 9.97 Å². The van der Waals surface area contributed by atoms with E-state index in [0.29, 0.717) is 10.6 Å². The van der Waals surface area contributed by atoms with Gasteiger partial charge in [-0.05, 0) is 37.7 Å². The molecule has 1 aliphatic carbocycles. The average molecular weight is 324 g/mol. The molecule has 1 saturated carbocycles. The lowest BCUT2D eigenvalue weighted by atomic mass is 10.1. The van der Waals surface area contributed by atoms with Crippen molar-refractivity contribution in [3.8, 4) is 0 Å². The Labute approximate surface area is 135 Å². The second-order valence-electron chi connectivity index (χ2n) is 6.00. The van der Waals surface area contributed by atoms with E-state index in [2.05, 4.69) is 28.8 Å². The summed E-state index contributed by atoms with van der Waals surface area (Å²) in [5, 5.41) is 0. The van der Waals surface area contributed by atoms with Crippen LogP contribution in [0.1, 0.15) is 37.1 Å². The van der Waals surface area contributed by atoms with E-state index in [1.54, 1.807) is 0 Å². The predicted octanol–water partition coefficient (Wildman–Crippen LogP) is 4.20. The average Bonchev–Trinajstić information content (AvgIpc) is 3.06. The molecule has 5 heteroatoms. The minimum atomic E-state index is 0.348. The van der Waals surface area contributed by atoms with Crippen molar-refractivity contribution < 1.29 is 0 Å².